The highest BCUT2D eigenvalue weighted by atomic mass is 32.2. The van der Waals surface area contributed by atoms with Gasteiger partial charge >= 0.3 is 6.01 Å². The van der Waals surface area contributed by atoms with Gasteiger partial charge in [0.25, 0.3) is 5.19 Å². The van der Waals surface area contributed by atoms with Gasteiger partial charge in [-0.05, 0) is 42.0 Å². The molecular weight excluding hydrogens is 509 g/mol. The van der Waals surface area contributed by atoms with E-state index in [-0.39, 0.29) is 28.3 Å². The predicted molar refractivity (Wildman–Crippen MR) is 130 cm³/mol. The molecule has 11 nitrogen and oxygen atoms in total. The molecule has 0 radical (unpaired) electrons. The van der Waals surface area contributed by atoms with E-state index in [9.17, 15) is 12.8 Å². The first-order valence-corrected chi connectivity index (χ1v) is 13.7. The molecule has 0 bridgehead atoms. The molecular formula is C22H22FN7O4S2. The van der Waals surface area contributed by atoms with Crippen LogP contribution in [0.4, 0.5) is 10.4 Å². The second kappa shape index (κ2) is 9.09. The van der Waals surface area contributed by atoms with E-state index in [2.05, 4.69) is 25.2 Å². The first-order chi connectivity index (χ1) is 17.1. The lowest BCUT2D eigenvalue weighted by Gasteiger charge is -2.21. The van der Waals surface area contributed by atoms with Crippen LogP contribution >= 0.6 is 11.3 Å². The minimum absolute atomic E-state index is 0.0831. The van der Waals surface area contributed by atoms with Crippen molar-refractivity contribution in [2.45, 2.75) is 37.8 Å². The number of fused-ring (bicyclic) bond motifs is 1. The van der Waals surface area contributed by atoms with Crippen LogP contribution in [0.3, 0.4) is 0 Å². The lowest BCUT2D eigenvalue weighted by Crippen LogP contribution is -2.23. The van der Waals surface area contributed by atoms with Crippen molar-refractivity contribution in [1.82, 2.24) is 29.7 Å². The standard InChI is InChI=1S/C22H22FN7O4S2/c1-12(2)19-26-20(34-28-19)29-9-7-14(8-10-29)13(3)33-22-27-30-11-16(24-21(30)35-22)15-5-6-17(25-18(15)23)36(4,31)32/h5-9,11-13H,10H2,1-4H3/t13-/m0/s1. The number of ether oxygens (including phenoxy) is 1. The average molecular weight is 532 g/mol. The Labute approximate surface area is 209 Å². The summed E-state index contributed by atoms with van der Waals surface area (Å²) in [5.41, 5.74) is 1.33. The molecule has 0 N–H and O–H groups in total. The molecule has 188 valence electrons. The van der Waals surface area contributed by atoms with Gasteiger partial charge in [-0.15, -0.1) is 5.10 Å². The number of rotatable bonds is 7. The lowest BCUT2D eigenvalue weighted by atomic mass is 10.1. The molecule has 0 unspecified atom stereocenters. The summed E-state index contributed by atoms with van der Waals surface area (Å²) in [6.07, 6.45) is 8.02. The molecule has 0 amide bonds. The van der Waals surface area contributed by atoms with E-state index in [0.717, 1.165) is 11.8 Å². The molecule has 0 aliphatic carbocycles. The van der Waals surface area contributed by atoms with Crippen molar-refractivity contribution in [2.75, 3.05) is 17.7 Å². The third-order valence-corrected chi connectivity index (χ3v) is 7.21. The highest BCUT2D eigenvalue weighted by Gasteiger charge is 2.21. The molecule has 0 saturated heterocycles. The topological polar surface area (TPSA) is 129 Å². The summed E-state index contributed by atoms with van der Waals surface area (Å²) in [7, 11) is -3.61. The van der Waals surface area contributed by atoms with Gasteiger partial charge in [-0.1, -0.05) is 25.1 Å². The third kappa shape index (κ3) is 4.73. The number of halogens is 1. The maximum Gasteiger partial charge on any atom is 0.328 e. The Kier molecular flexibility index (Phi) is 6.08. The van der Waals surface area contributed by atoms with Crippen molar-refractivity contribution in [3.63, 3.8) is 0 Å². The fraction of sp³-hybridized carbons (Fsp3) is 0.318. The van der Waals surface area contributed by atoms with Gasteiger partial charge in [-0.3, -0.25) is 4.90 Å². The number of sulfone groups is 1. The first kappa shape index (κ1) is 24.1. The Hall–Kier alpha value is -3.65. The molecule has 5 rings (SSSR count). The van der Waals surface area contributed by atoms with Crippen LogP contribution in [0.25, 0.3) is 16.2 Å². The summed E-state index contributed by atoms with van der Waals surface area (Å²) in [6.45, 7) is 6.47. The molecule has 4 aromatic rings. The Balaban J connectivity index is 1.26. The molecule has 1 aliphatic heterocycles. The molecule has 0 fully saturated rings. The number of imidazole rings is 1. The van der Waals surface area contributed by atoms with Gasteiger partial charge in [0, 0.05) is 24.9 Å². The van der Waals surface area contributed by atoms with Gasteiger partial charge < -0.3 is 9.26 Å². The summed E-state index contributed by atoms with van der Waals surface area (Å²) in [5, 5.41) is 8.43. The third-order valence-electron chi connectivity index (χ3n) is 5.41. The van der Waals surface area contributed by atoms with Crippen molar-refractivity contribution in [3.8, 4) is 16.5 Å². The van der Waals surface area contributed by atoms with E-state index in [1.54, 1.807) is 0 Å². The van der Waals surface area contributed by atoms with Gasteiger partial charge in [0.1, 0.15) is 6.10 Å². The Bertz CT molecular complexity index is 1570. The molecule has 1 atom stereocenters. The van der Waals surface area contributed by atoms with Crippen LogP contribution in [0, 0.1) is 5.95 Å². The Morgan fingerprint density at radius 1 is 1.19 bits per heavy atom. The zero-order valence-corrected chi connectivity index (χ0v) is 21.4. The van der Waals surface area contributed by atoms with E-state index in [1.807, 2.05) is 44.0 Å². The van der Waals surface area contributed by atoms with Crippen LogP contribution in [0.15, 0.2) is 51.8 Å². The SMILES string of the molecule is CC(C)c1noc(N2C=CC([C@H](C)Oc3nn4cc(-c5ccc(S(C)(=O)=O)nc5F)nc4s3)=CC2)n1. The van der Waals surface area contributed by atoms with Crippen LogP contribution in [-0.4, -0.2) is 57.0 Å². The summed E-state index contributed by atoms with van der Waals surface area (Å²) < 4.78 is 50.4. The number of anilines is 1. The molecule has 4 aromatic heterocycles. The molecule has 0 spiro atoms. The molecule has 0 aromatic carbocycles. The highest BCUT2D eigenvalue weighted by Crippen LogP contribution is 2.29. The highest BCUT2D eigenvalue weighted by molar-refractivity contribution is 7.90. The van der Waals surface area contributed by atoms with Crippen LogP contribution in [0.5, 0.6) is 5.19 Å². The fourth-order valence-corrected chi connectivity index (χ4v) is 4.79. The second-order valence-corrected chi connectivity index (χ2v) is 11.4. The van der Waals surface area contributed by atoms with Crippen molar-refractivity contribution < 1.29 is 22.1 Å². The van der Waals surface area contributed by atoms with Crippen LogP contribution in [0.1, 0.15) is 32.5 Å². The summed E-state index contributed by atoms with van der Waals surface area (Å²) in [4.78, 5) is 14.7. The second-order valence-electron chi connectivity index (χ2n) is 8.50. The van der Waals surface area contributed by atoms with Gasteiger partial charge in [-0.25, -0.2) is 22.9 Å². The van der Waals surface area contributed by atoms with E-state index < -0.39 is 15.8 Å². The van der Waals surface area contributed by atoms with Crippen molar-refractivity contribution in [1.29, 1.82) is 0 Å². The molecule has 5 heterocycles. The van der Waals surface area contributed by atoms with Gasteiger partial charge in [0.15, 0.2) is 20.7 Å². The molecule has 36 heavy (non-hydrogen) atoms. The predicted octanol–water partition coefficient (Wildman–Crippen LogP) is 3.63. The van der Waals surface area contributed by atoms with Gasteiger partial charge in [0.2, 0.25) is 10.9 Å². The normalized spacial score (nSPS) is 15.1. The van der Waals surface area contributed by atoms with Crippen LogP contribution in [-0.2, 0) is 9.84 Å². The van der Waals surface area contributed by atoms with E-state index in [0.29, 0.717) is 28.5 Å². The fourth-order valence-electron chi connectivity index (χ4n) is 3.42. The quantitative estimate of drug-likeness (QED) is 0.326. The first-order valence-electron chi connectivity index (χ1n) is 11.0. The maximum atomic E-state index is 14.4. The van der Waals surface area contributed by atoms with Crippen molar-refractivity contribution in [3.05, 3.63) is 54.0 Å². The number of aromatic nitrogens is 6. The smallest absolute Gasteiger partial charge is 0.328 e. The molecule has 14 heteroatoms. The zero-order valence-electron chi connectivity index (χ0n) is 19.8. The monoisotopic (exact) mass is 531 g/mol. The van der Waals surface area contributed by atoms with E-state index >= 15 is 0 Å². The average Bonchev–Trinajstić information content (AvgIpc) is 3.54. The number of hydrogen-bond acceptors (Lipinski definition) is 11. The Morgan fingerprint density at radius 3 is 2.61 bits per heavy atom. The van der Waals surface area contributed by atoms with E-state index in [4.69, 9.17) is 9.26 Å². The number of nitrogens with zero attached hydrogens (tertiary/aromatic N) is 7. The summed E-state index contributed by atoms with van der Waals surface area (Å²) in [5.74, 6) is -0.0751. The van der Waals surface area contributed by atoms with Crippen molar-refractivity contribution in [2.24, 2.45) is 0 Å². The lowest BCUT2D eigenvalue weighted by molar-refractivity contribution is 0.256. The number of pyridine rings is 1. The van der Waals surface area contributed by atoms with Crippen molar-refractivity contribution >= 4 is 32.1 Å². The minimum atomic E-state index is -3.61. The maximum absolute atomic E-state index is 14.4. The zero-order chi connectivity index (χ0) is 25.6. The minimum Gasteiger partial charge on any atom is -0.461 e. The molecule has 0 saturated carbocycles. The van der Waals surface area contributed by atoms with E-state index in [1.165, 1.54) is 34.2 Å². The Morgan fingerprint density at radius 2 is 2.00 bits per heavy atom. The summed E-state index contributed by atoms with van der Waals surface area (Å²) in [6, 6.07) is 3.03. The largest absolute Gasteiger partial charge is 0.461 e. The summed E-state index contributed by atoms with van der Waals surface area (Å²) >= 11 is 1.21. The van der Waals surface area contributed by atoms with Gasteiger partial charge in [-0.2, -0.15) is 9.37 Å². The number of hydrogen-bond donors (Lipinski definition) is 0. The van der Waals surface area contributed by atoms with Crippen LogP contribution < -0.4 is 9.64 Å². The molecule has 1 aliphatic rings. The van der Waals surface area contributed by atoms with Crippen LogP contribution in [0.2, 0.25) is 0 Å². The van der Waals surface area contributed by atoms with Gasteiger partial charge in [0.05, 0.1) is 17.5 Å².